The Hall–Kier alpha value is -1.63. The van der Waals surface area contributed by atoms with Crippen LogP contribution in [-0.4, -0.2) is 52.2 Å². The molecular formula is C15H24FN3O2S. The molecule has 1 aromatic rings. The van der Waals surface area contributed by atoms with Gasteiger partial charge in [-0.3, -0.25) is 4.99 Å². The molecule has 0 heterocycles. The predicted octanol–water partition coefficient (Wildman–Crippen LogP) is 1.91. The maximum absolute atomic E-state index is 13.6. The summed E-state index contributed by atoms with van der Waals surface area (Å²) in [6, 6.07) is 5.42. The van der Waals surface area contributed by atoms with Crippen molar-refractivity contribution >= 4 is 15.8 Å². The van der Waals surface area contributed by atoms with Crippen molar-refractivity contribution in [2.75, 3.05) is 32.9 Å². The van der Waals surface area contributed by atoms with E-state index in [2.05, 4.69) is 17.2 Å². The molecule has 0 spiro atoms. The standard InChI is InChI=1S/C15H24FN3O2S/c1-4-5-11-19(3)15(17-2)18-10-12-22(20,21)14-9-7-6-8-13(14)16/h6-9H,4-5,10-12H2,1-3H3,(H,17,18). The maximum atomic E-state index is 13.6. The highest BCUT2D eigenvalue weighted by Crippen LogP contribution is 2.14. The zero-order valence-electron chi connectivity index (χ0n) is 13.3. The fraction of sp³-hybridized carbons (Fsp3) is 0.533. The van der Waals surface area contributed by atoms with Crippen LogP contribution in [0.3, 0.4) is 0 Å². The molecule has 1 aromatic carbocycles. The number of aliphatic imine (C=N–C) groups is 1. The van der Waals surface area contributed by atoms with Crippen LogP contribution in [0.15, 0.2) is 34.2 Å². The molecule has 124 valence electrons. The van der Waals surface area contributed by atoms with Crippen LogP contribution in [0.25, 0.3) is 0 Å². The van der Waals surface area contributed by atoms with E-state index >= 15 is 0 Å². The summed E-state index contributed by atoms with van der Waals surface area (Å²) in [6.45, 7) is 3.13. The van der Waals surface area contributed by atoms with E-state index in [0.29, 0.717) is 5.96 Å². The number of hydrogen-bond acceptors (Lipinski definition) is 3. The van der Waals surface area contributed by atoms with Gasteiger partial charge in [0.2, 0.25) is 0 Å². The lowest BCUT2D eigenvalue weighted by Gasteiger charge is -2.21. The van der Waals surface area contributed by atoms with Crippen molar-refractivity contribution in [3.05, 3.63) is 30.1 Å². The molecule has 1 N–H and O–H groups in total. The van der Waals surface area contributed by atoms with Gasteiger partial charge in [-0.2, -0.15) is 0 Å². The SMILES string of the molecule is CCCCN(C)C(=NC)NCCS(=O)(=O)c1ccccc1F. The van der Waals surface area contributed by atoms with E-state index in [-0.39, 0.29) is 17.2 Å². The third-order valence-corrected chi connectivity index (χ3v) is 4.99. The van der Waals surface area contributed by atoms with Crippen molar-refractivity contribution in [2.45, 2.75) is 24.7 Å². The molecule has 0 amide bonds. The summed E-state index contributed by atoms with van der Waals surface area (Å²) < 4.78 is 37.8. The lowest BCUT2D eigenvalue weighted by Crippen LogP contribution is -2.41. The Labute approximate surface area is 132 Å². The molecule has 0 fully saturated rings. The van der Waals surface area contributed by atoms with Gasteiger partial charge in [0.1, 0.15) is 10.7 Å². The van der Waals surface area contributed by atoms with Gasteiger partial charge < -0.3 is 10.2 Å². The Morgan fingerprint density at radius 1 is 1.36 bits per heavy atom. The summed E-state index contributed by atoms with van der Waals surface area (Å²) in [7, 11) is -0.100. The number of benzene rings is 1. The Morgan fingerprint density at radius 3 is 2.64 bits per heavy atom. The fourth-order valence-corrected chi connectivity index (χ4v) is 3.23. The van der Waals surface area contributed by atoms with E-state index < -0.39 is 15.7 Å². The van der Waals surface area contributed by atoms with Crippen molar-refractivity contribution in [2.24, 2.45) is 4.99 Å². The van der Waals surface area contributed by atoms with E-state index in [9.17, 15) is 12.8 Å². The van der Waals surface area contributed by atoms with Crippen LogP contribution in [0.2, 0.25) is 0 Å². The summed E-state index contributed by atoms with van der Waals surface area (Å²) in [4.78, 5) is 5.80. The molecule has 0 radical (unpaired) electrons. The molecule has 0 saturated carbocycles. The molecule has 0 unspecified atom stereocenters. The van der Waals surface area contributed by atoms with Crippen LogP contribution in [0.1, 0.15) is 19.8 Å². The van der Waals surface area contributed by atoms with Crippen molar-refractivity contribution in [1.82, 2.24) is 10.2 Å². The minimum Gasteiger partial charge on any atom is -0.355 e. The summed E-state index contributed by atoms with van der Waals surface area (Å²) in [5.41, 5.74) is 0. The number of guanidine groups is 1. The summed E-state index contributed by atoms with van der Waals surface area (Å²) in [5.74, 6) is -0.265. The van der Waals surface area contributed by atoms with Crippen LogP contribution < -0.4 is 5.32 Å². The number of rotatable bonds is 7. The third kappa shape index (κ3) is 5.29. The highest BCUT2D eigenvalue weighted by Gasteiger charge is 2.18. The zero-order valence-corrected chi connectivity index (χ0v) is 14.2. The number of sulfone groups is 1. The minimum absolute atomic E-state index is 0.180. The molecule has 0 aromatic heterocycles. The molecular weight excluding hydrogens is 305 g/mol. The summed E-state index contributed by atoms with van der Waals surface area (Å²) in [5, 5.41) is 3.00. The van der Waals surface area contributed by atoms with Crippen molar-refractivity contribution < 1.29 is 12.8 Å². The predicted molar refractivity (Wildman–Crippen MR) is 87.4 cm³/mol. The first-order valence-electron chi connectivity index (χ1n) is 7.31. The Morgan fingerprint density at radius 2 is 2.05 bits per heavy atom. The molecule has 0 saturated heterocycles. The second kappa shape index (κ2) is 8.73. The van der Waals surface area contributed by atoms with Crippen LogP contribution in [0.5, 0.6) is 0 Å². The second-order valence-electron chi connectivity index (χ2n) is 5.00. The number of nitrogens with one attached hydrogen (secondary N) is 1. The van der Waals surface area contributed by atoms with E-state index in [1.54, 1.807) is 7.05 Å². The molecule has 7 heteroatoms. The smallest absolute Gasteiger partial charge is 0.193 e. The van der Waals surface area contributed by atoms with Crippen LogP contribution in [-0.2, 0) is 9.84 Å². The summed E-state index contributed by atoms with van der Waals surface area (Å²) in [6.07, 6.45) is 2.10. The Bertz CT molecular complexity index is 603. The minimum atomic E-state index is -3.65. The van der Waals surface area contributed by atoms with Crippen LogP contribution >= 0.6 is 0 Å². The topological polar surface area (TPSA) is 61.8 Å². The third-order valence-electron chi connectivity index (χ3n) is 3.25. The van der Waals surface area contributed by atoms with Crippen molar-refractivity contribution in [3.63, 3.8) is 0 Å². The second-order valence-corrected chi connectivity index (χ2v) is 7.08. The van der Waals surface area contributed by atoms with E-state index in [1.165, 1.54) is 18.2 Å². The van der Waals surface area contributed by atoms with Crippen LogP contribution in [0.4, 0.5) is 4.39 Å². The normalized spacial score (nSPS) is 12.3. The van der Waals surface area contributed by atoms with Crippen LogP contribution in [0, 0.1) is 5.82 Å². The number of hydrogen-bond donors (Lipinski definition) is 1. The average Bonchev–Trinajstić information content (AvgIpc) is 2.49. The average molecular weight is 329 g/mol. The van der Waals surface area contributed by atoms with Gasteiger partial charge in [-0.05, 0) is 18.6 Å². The molecule has 5 nitrogen and oxygen atoms in total. The first kappa shape index (κ1) is 18.4. The van der Waals surface area contributed by atoms with Crippen molar-refractivity contribution in [1.29, 1.82) is 0 Å². The molecule has 0 aliphatic rings. The van der Waals surface area contributed by atoms with Crippen molar-refractivity contribution in [3.8, 4) is 0 Å². The highest BCUT2D eigenvalue weighted by atomic mass is 32.2. The van der Waals surface area contributed by atoms with Gasteiger partial charge >= 0.3 is 0 Å². The first-order chi connectivity index (χ1) is 10.4. The fourth-order valence-electron chi connectivity index (χ4n) is 1.99. The number of nitrogens with zero attached hydrogens (tertiary/aromatic N) is 2. The maximum Gasteiger partial charge on any atom is 0.193 e. The summed E-state index contributed by atoms with van der Waals surface area (Å²) >= 11 is 0. The Balaban J connectivity index is 2.61. The van der Waals surface area contributed by atoms with Gasteiger partial charge in [-0.15, -0.1) is 0 Å². The zero-order chi connectivity index (χ0) is 16.6. The molecule has 1 rings (SSSR count). The van der Waals surface area contributed by atoms with E-state index in [4.69, 9.17) is 0 Å². The quantitative estimate of drug-likeness (QED) is 0.613. The monoisotopic (exact) mass is 329 g/mol. The molecule has 22 heavy (non-hydrogen) atoms. The molecule has 0 atom stereocenters. The van der Waals surface area contributed by atoms with Gasteiger partial charge in [-0.25, -0.2) is 12.8 Å². The molecule has 0 aliphatic carbocycles. The first-order valence-corrected chi connectivity index (χ1v) is 8.96. The highest BCUT2D eigenvalue weighted by molar-refractivity contribution is 7.91. The van der Waals surface area contributed by atoms with E-state index in [1.807, 2.05) is 11.9 Å². The van der Waals surface area contributed by atoms with Gasteiger partial charge in [-0.1, -0.05) is 25.5 Å². The van der Waals surface area contributed by atoms with Gasteiger partial charge in [0.15, 0.2) is 15.8 Å². The van der Waals surface area contributed by atoms with Gasteiger partial charge in [0.05, 0.1) is 5.75 Å². The lowest BCUT2D eigenvalue weighted by molar-refractivity contribution is 0.466. The number of halogens is 1. The molecule has 0 bridgehead atoms. The lowest BCUT2D eigenvalue weighted by atomic mass is 10.3. The van der Waals surface area contributed by atoms with Gasteiger partial charge in [0.25, 0.3) is 0 Å². The largest absolute Gasteiger partial charge is 0.355 e. The Kier molecular flexibility index (Phi) is 7.31. The van der Waals surface area contributed by atoms with E-state index in [0.717, 1.165) is 25.5 Å². The molecule has 0 aliphatic heterocycles. The van der Waals surface area contributed by atoms with Gasteiger partial charge in [0, 0.05) is 27.2 Å². The number of unbranched alkanes of at least 4 members (excludes halogenated alkanes) is 1.